The van der Waals surface area contributed by atoms with Crippen LogP contribution in [0.4, 0.5) is 4.39 Å². The van der Waals surface area contributed by atoms with Gasteiger partial charge in [-0.25, -0.2) is 4.39 Å². The van der Waals surface area contributed by atoms with E-state index in [2.05, 4.69) is 23.5 Å². The lowest BCUT2D eigenvalue weighted by Crippen LogP contribution is -2.28. The van der Waals surface area contributed by atoms with E-state index in [1.54, 1.807) is 12.1 Å². The van der Waals surface area contributed by atoms with E-state index in [0.29, 0.717) is 0 Å². The molecule has 0 aromatic heterocycles. The molecule has 0 aliphatic rings. The molecule has 0 unspecified atom stereocenters. The molecule has 1 atom stereocenters. The van der Waals surface area contributed by atoms with Crippen LogP contribution in [0.1, 0.15) is 35.2 Å². The third-order valence-electron chi connectivity index (χ3n) is 3.56. The molecule has 3 heteroatoms. The van der Waals surface area contributed by atoms with Crippen LogP contribution in [0.15, 0.2) is 42.5 Å². The minimum atomic E-state index is -0.289. The molecular formula is C18H20FNO. The minimum absolute atomic E-state index is 0.0437. The highest BCUT2D eigenvalue weighted by Crippen LogP contribution is 2.19. The quantitative estimate of drug-likeness (QED) is 0.908. The summed E-state index contributed by atoms with van der Waals surface area (Å²) in [6.07, 6.45) is 0.259. The van der Waals surface area contributed by atoms with E-state index < -0.39 is 0 Å². The van der Waals surface area contributed by atoms with E-state index in [1.165, 1.54) is 17.7 Å². The first-order valence-corrected chi connectivity index (χ1v) is 7.06. The molecule has 2 rings (SSSR count). The summed E-state index contributed by atoms with van der Waals surface area (Å²) in [5, 5.41) is 2.99. The smallest absolute Gasteiger partial charge is 0.224 e. The molecule has 110 valence electrons. The van der Waals surface area contributed by atoms with Crippen molar-refractivity contribution >= 4 is 5.91 Å². The summed E-state index contributed by atoms with van der Waals surface area (Å²) in [6.45, 7) is 6.05. The predicted octanol–water partition coefficient (Wildman–Crippen LogP) is 3.86. The second kappa shape index (κ2) is 6.53. The van der Waals surface area contributed by atoms with Crippen LogP contribution < -0.4 is 5.32 Å². The van der Waals surface area contributed by atoms with Crippen molar-refractivity contribution in [2.45, 2.75) is 33.2 Å². The van der Waals surface area contributed by atoms with Gasteiger partial charge in [-0.05, 0) is 49.6 Å². The van der Waals surface area contributed by atoms with E-state index in [9.17, 15) is 9.18 Å². The number of amides is 1. The zero-order chi connectivity index (χ0) is 15.4. The Kier molecular flexibility index (Phi) is 4.73. The molecule has 1 amide bonds. The van der Waals surface area contributed by atoms with Gasteiger partial charge in [0.25, 0.3) is 0 Å². The lowest BCUT2D eigenvalue weighted by atomic mass is 10.00. The number of halogens is 1. The standard InChI is InChI=1S/C18H20FNO/c1-12-4-5-13(2)17(10-12)14(3)20-18(21)11-15-6-8-16(19)9-7-15/h4-10,14H,11H2,1-3H3,(H,20,21)/t14-/m1/s1. The van der Waals surface area contributed by atoms with Crippen LogP contribution in [0, 0.1) is 19.7 Å². The number of carbonyl (C=O) groups excluding carboxylic acids is 1. The third-order valence-corrected chi connectivity index (χ3v) is 3.56. The minimum Gasteiger partial charge on any atom is -0.349 e. The normalized spacial score (nSPS) is 12.0. The highest BCUT2D eigenvalue weighted by molar-refractivity contribution is 5.79. The van der Waals surface area contributed by atoms with Crippen molar-refractivity contribution in [2.24, 2.45) is 0 Å². The maximum absolute atomic E-state index is 12.8. The van der Waals surface area contributed by atoms with Crippen LogP contribution in [-0.4, -0.2) is 5.91 Å². The summed E-state index contributed by atoms with van der Waals surface area (Å²) < 4.78 is 12.8. The summed E-state index contributed by atoms with van der Waals surface area (Å²) in [5.74, 6) is -0.349. The Hall–Kier alpha value is -2.16. The molecule has 0 aliphatic carbocycles. The van der Waals surface area contributed by atoms with Gasteiger partial charge in [-0.3, -0.25) is 4.79 Å². The number of hydrogen-bond donors (Lipinski definition) is 1. The van der Waals surface area contributed by atoms with Crippen molar-refractivity contribution in [3.63, 3.8) is 0 Å². The molecule has 2 aromatic rings. The first kappa shape index (κ1) is 15.2. The zero-order valence-corrected chi connectivity index (χ0v) is 12.6. The van der Waals surface area contributed by atoms with Gasteiger partial charge in [-0.2, -0.15) is 0 Å². The third kappa shape index (κ3) is 4.15. The summed E-state index contributed by atoms with van der Waals surface area (Å²) in [5.41, 5.74) is 4.27. The van der Waals surface area contributed by atoms with Crippen LogP contribution in [-0.2, 0) is 11.2 Å². The van der Waals surface area contributed by atoms with E-state index in [0.717, 1.165) is 16.7 Å². The Bertz CT molecular complexity index is 634. The van der Waals surface area contributed by atoms with Crippen molar-refractivity contribution in [3.8, 4) is 0 Å². The summed E-state index contributed by atoms with van der Waals surface area (Å²) in [4.78, 5) is 12.1. The molecule has 0 saturated carbocycles. The van der Waals surface area contributed by atoms with Gasteiger partial charge in [0.1, 0.15) is 5.82 Å². The predicted molar refractivity (Wildman–Crippen MR) is 82.6 cm³/mol. The van der Waals surface area contributed by atoms with Crippen LogP contribution in [0.2, 0.25) is 0 Å². The van der Waals surface area contributed by atoms with Gasteiger partial charge in [0.05, 0.1) is 12.5 Å². The molecule has 21 heavy (non-hydrogen) atoms. The van der Waals surface area contributed by atoms with Crippen LogP contribution >= 0.6 is 0 Å². The molecular weight excluding hydrogens is 265 g/mol. The Morgan fingerprint density at radius 1 is 1.14 bits per heavy atom. The number of hydrogen-bond acceptors (Lipinski definition) is 1. The molecule has 0 bridgehead atoms. The largest absolute Gasteiger partial charge is 0.349 e. The van der Waals surface area contributed by atoms with Crippen molar-refractivity contribution in [2.75, 3.05) is 0 Å². The molecule has 0 fully saturated rings. The second-order valence-corrected chi connectivity index (χ2v) is 5.45. The number of nitrogens with one attached hydrogen (secondary N) is 1. The van der Waals surface area contributed by atoms with Gasteiger partial charge in [0.2, 0.25) is 5.91 Å². The van der Waals surface area contributed by atoms with Gasteiger partial charge in [0.15, 0.2) is 0 Å². The lowest BCUT2D eigenvalue weighted by molar-refractivity contribution is -0.121. The van der Waals surface area contributed by atoms with Crippen molar-refractivity contribution in [3.05, 3.63) is 70.5 Å². The second-order valence-electron chi connectivity index (χ2n) is 5.45. The van der Waals surface area contributed by atoms with Crippen molar-refractivity contribution < 1.29 is 9.18 Å². The fraction of sp³-hybridized carbons (Fsp3) is 0.278. The molecule has 1 N–H and O–H groups in total. The highest BCUT2D eigenvalue weighted by Gasteiger charge is 2.12. The molecule has 0 radical (unpaired) electrons. The summed E-state index contributed by atoms with van der Waals surface area (Å²) in [6, 6.07) is 12.2. The zero-order valence-electron chi connectivity index (χ0n) is 12.6. The molecule has 0 spiro atoms. The fourth-order valence-electron chi connectivity index (χ4n) is 2.38. The molecule has 2 aromatic carbocycles. The average molecular weight is 285 g/mol. The monoisotopic (exact) mass is 285 g/mol. The Morgan fingerprint density at radius 3 is 2.48 bits per heavy atom. The van der Waals surface area contributed by atoms with E-state index in [4.69, 9.17) is 0 Å². The number of carbonyl (C=O) groups is 1. The van der Waals surface area contributed by atoms with Crippen LogP contribution in [0.25, 0.3) is 0 Å². The fourth-order valence-corrected chi connectivity index (χ4v) is 2.38. The first-order chi connectivity index (χ1) is 9.95. The van der Waals surface area contributed by atoms with Gasteiger partial charge in [0, 0.05) is 0 Å². The summed E-state index contributed by atoms with van der Waals surface area (Å²) >= 11 is 0. The van der Waals surface area contributed by atoms with Gasteiger partial charge in [-0.15, -0.1) is 0 Å². The van der Waals surface area contributed by atoms with E-state index in [1.807, 2.05) is 20.8 Å². The number of benzene rings is 2. The topological polar surface area (TPSA) is 29.1 Å². The SMILES string of the molecule is Cc1ccc(C)c([C@@H](C)NC(=O)Cc2ccc(F)cc2)c1. The van der Waals surface area contributed by atoms with E-state index in [-0.39, 0.29) is 24.2 Å². The lowest BCUT2D eigenvalue weighted by Gasteiger charge is -2.17. The van der Waals surface area contributed by atoms with Gasteiger partial charge >= 0.3 is 0 Å². The van der Waals surface area contributed by atoms with Crippen molar-refractivity contribution in [1.82, 2.24) is 5.32 Å². The maximum atomic E-state index is 12.8. The van der Waals surface area contributed by atoms with Crippen LogP contribution in [0.5, 0.6) is 0 Å². The molecule has 0 saturated heterocycles. The van der Waals surface area contributed by atoms with Crippen molar-refractivity contribution in [1.29, 1.82) is 0 Å². The number of rotatable bonds is 4. The van der Waals surface area contributed by atoms with Crippen LogP contribution in [0.3, 0.4) is 0 Å². The summed E-state index contributed by atoms with van der Waals surface area (Å²) in [7, 11) is 0. The molecule has 0 aliphatic heterocycles. The van der Waals surface area contributed by atoms with Gasteiger partial charge < -0.3 is 5.32 Å². The first-order valence-electron chi connectivity index (χ1n) is 7.06. The van der Waals surface area contributed by atoms with Gasteiger partial charge in [-0.1, -0.05) is 35.9 Å². The Balaban J connectivity index is 2.01. The Morgan fingerprint density at radius 2 is 1.81 bits per heavy atom. The Labute approximate surface area is 125 Å². The number of aryl methyl sites for hydroxylation is 2. The highest BCUT2D eigenvalue weighted by atomic mass is 19.1. The molecule has 0 heterocycles. The average Bonchev–Trinajstić information content (AvgIpc) is 2.44. The van der Waals surface area contributed by atoms with E-state index >= 15 is 0 Å². The molecule has 2 nitrogen and oxygen atoms in total. The maximum Gasteiger partial charge on any atom is 0.224 e.